The second-order valence-corrected chi connectivity index (χ2v) is 4.84. The first-order valence-electron chi connectivity index (χ1n) is 7.05. The molecule has 0 aliphatic heterocycles. The van der Waals surface area contributed by atoms with Gasteiger partial charge in [0.2, 0.25) is 5.91 Å². The fourth-order valence-corrected chi connectivity index (χ4v) is 1.96. The largest absolute Gasteiger partial charge is 0.497 e. The molecule has 0 atom stereocenters. The highest BCUT2D eigenvalue weighted by atomic mass is 16.5. The molecule has 2 rings (SSSR count). The molecule has 1 aromatic heterocycles. The van der Waals surface area contributed by atoms with Gasteiger partial charge < -0.3 is 14.8 Å². The van der Waals surface area contributed by atoms with E-state index in [1.54, 1.807) is 44.8 Å². The Kier molecular flexibility index (Phi) is 5.59. The van der Waals surface area contributed by atoms with Gasteiger partial charge in [-0.15, -0.1) is 0 Å². The van der Waals surface area contributed by atoms with Gasteiger partial charge in [0.15, 0.2) is 0 Å². The molecule has 0 bridgehead atoms. The number of aryl methyl sites for hydroxylation is 1. The number of pyridine rings is 1. The highest BCUT2D eigenvalue weighted by Gasteiger charge is 2.03. The summed E-state index contributed by atoms with van der Waals surface area (Å²) in [5.41, 5.74) is 2.32. The summed E-state index contributed by atoms with van der Waals surface area (Å²) < 4.78 is 10.4. The Morgan fingerprint density at radius 2 is 2.04 bits per heavy atom. The SMILES string of the molecule is COc1ccc(OC)c(C#CCC(=O)Nc2cncc(C)c2)c1. The third-order valence-corrected chi connectivity index (χ3v) is 3.04. The van der Waals surface area contributed by atoms with Gasteiger partial charge in [-0.1, -0.05) is 11.8 Å². The summed E-state index contributed by atoms with van der Waals surface area (Å²) in [7, 11) is 3.16. The van der Waals surface area contributed by atoms with Gasteiger partial charge in [-0.25, -0.2) is 0 Å². The topological polar surface area (TPSA) is 60.5 Å². The van der Waals surface area contributed by atoms with Crippen LogP contribution in [-0.4, -0.2) is 25.1 Å². The number of ether oxygens (including phenoxy) is 2. The number of methoxy groups -OCH3 is 2. The molecule has 23 heavy (non-hydrogen) atoms. The normalized spacial score (nSPS) is 9.52. The van der Waals surface area contributed by atoms with Crippen molar-refractivity contribution in [2.24, 2.45) is 0 Å². The zero-order valence-electron chi connectivity index (χ0n) is 13.3. The van der Waals surface area contributed by atoms with Crippen LogP contribution in [0.5, 0.6) is 11.5 Å². The van der Waals surface area contributed by atoms with Gasteiger partial charge in [0.1, 0.15) is 11.5 Å². The quantitative estimate of drug-likeness (QED) is 0.882. The summed E-state index contributed by atoms with van der Waals surface area (Å²) in [5, 5.41) is 2.76. The molecule has 1 N–H and O–H groups in total. The van der Waals surface area contributed by atoms with E-state index in [2.05, 4.69) is 22.1 Å². The van der Waals surface area contributed by atoms with Gasteiger partial charge in [0.25, 0.3) is 0 Å². The Hall–Kier alpha value is -3.00. The Bertz CT molecular complexity index is 760. The van der Waals surface area contributed by atoms with Crippen LogP contribution in [0.15, 0.2) is 36.7 Å². The summed E-state index contributed by atoms with van der Waals surface area (Å²) in [6, 6.07) is 7.19. The number of amides is 1. The van der Waals surface area contributed by atoms with Crippen LogP contribution in [0.2, 0.25) is 0 Å². The first kappa shape index (κ1) is 16.4. The lowest BCUT2D eigenvalue weighted by Crippen LogP contribution is -2.10. The number of hydrogen-bond donors (Lipinski definition) is 1. The Balaban J connectivity index is 2.03. The molecule has 0 saturated heterocycles. The van der Waals surface area contributed by atoms with Crippen molar-refractivity contribution in [3.05, 3.63) is 47.8 Å². The number of nitrogens with one attached hydrogen (secondary N) is 1. The lowest BCUT2D eigenvalue weighted by atomic mass is 10.2. The standard InChI is InChI=1S/C18H18N2O3/c1-13-9-15(12-19-11-13)20-18(21)6-4-5-14-10-16(22-2)7-8-17(14)23-3/h7-12H,6H2,1-3H3,(H,20,21). The van der Waals surface area contributed by atoms with E-state index in [1.165, 1.54) is 0 Å². The van der Waals surface area contributed by atoms with Crippen LogP contribution in [0.4, 0.5) is 5.69 Å². The highest BCUT2D eigenvalue weighted by Crippen LogP contribution is 2.22. The predicted molar refractivity (Wildman–Crippen MR) is 88.6 cm³/mol. The monoisotopic (exact) mass is 310 g/mol. The average Bonchev–Trinajstić information content (AvgIpc) is 2.54. The third kappa shape index (κ3) is 4.75. The Morgan fingerprint density at radius 1 is 1.22 bits per heavy atom. The van der Waals surface area contributed by atoms with E-state index in [0.29, 0.717) is 22.7 Å². The van der Waals surface area contributed by atoms with E-state index in [9.17, 15) is 4.79 Å². The average molecular weight is 310 g/mol. The lowest BCUT2D eigenvalue weighted by molar-refractivity contribution is -0.115. The molecular formula is C18H18N2O3. The van der Waals surface area contributed by atoms with Gasteiger partial charge in [-0.05, 0) is 36.8 Å². The Labute approximate surface area is 135 Å². The first-order valence-corrected chi connectivity index (χ1v) is 7.05. The van der Waals surface area contributed by atoms with Gasteiger partial charge in [-0.2, -0.15) is 0 Å². The number of nitrogens with zero attached hydrogens (tertiary/aromatic N) is 1. The molecule has 5 nitrogen and oxygen atoms in total. The van der Waals surface area contributed by atoms with Crippen LogP contribution in [0.25, 0.3) is 0 Å². The maximum atomic E-state index is 11.9. The fourth-order valence-electron chi connectivity index (χ4n) is 1.96. The number of carbonyl (C=O) groups excluding carboxylic acids is 1. The van der Waals surface area contributed by atoms with Crippen molar-refractivity contribution in [1.29, 1.82) is 0 Å². The van der Waals surface area contributed by atoms with Crippen molar-refractivity contribution in [1.82, 2.24) is 4.98 Å². The van der Waals surface area contributed by atoms with Crippen molar-refractivity contribution in [2.75, 3.05) is 19.5 Å². The molecular weight excluding hydrogens is 292 g/mol. The number of aromatic nitrogens is 1. The molecule has 0 aliphatic rings. The molecule has 1 amide bonds. The maximum Gasteiger partial charge on any atom is 0.236 e. The molecule has 1 aromatic carbocycles. The minimum absolute atomic E-state index is 0.0777. The molecule has 0 aliphatic carbocycles. The number of anilines is 1. The second kappa shape index (κ2) is 7.85. The first-order chi connectivity index (χ1) is 11.1. The van der Waals surface area contributed by atoms with E-state index >= 15 is 0 Å². The molecule has 0 fully saturated rings. The molecule has 2 aromatic rings. The summed E-state index contributed by atoms with van der Waals surface area (Å²) in [6.45, 7) is 1.91. The highest BCUT2D eigenvalue weighted by molar-refractivity contribution is 5.92. The summed E-state index contributed by atoms with van der Waals surface area (Å²) in [5.74, 6) is 6.92. The van der Waals surface area contributed by atoms with Crippen LogP contribution in [0.3, 0.4) is 0 Å². The smallest absolute Gasteiger partial charge is 0.236 e. The number of benzene rings is 1. The molecule has 0 spiro atoms. The second-order valence-electron chi connectivity index (χ2n) is 4.84. The zero-order chi connectivity index (χ0) is 16.7. The van der Waals surface area contributed by atoms with Crippen LogP contribution in [0.1, 0.15) is 17.5 Å². The molecule has 0 saturated carbocycles. The molecule has 1 heterocycles. The minimum atomic E-state index is -0.188. The molecule has 0 radical (unpaired) electrons. The van der Waals surface area contributed by atoms with Crippen molar-refractivity contribution in [3.63, 3.8) is 0 Å². The van der Waals surface area contributed by atoms with E-state index in [-0.39, 0.29) is 12.3 Å². The molecule has 118 valence electrons. The van der Waals surface area contributed by atoms with Crippen LogP contribution < -0.4 is 14.8 Å². The van der Waals surface area contributed by atoms with Gasteiger partial charge in [0.05, 0.1) is 38.1 Å². The number of carbonyl (C=O) groups is 1. The predicted octanol–water partition coefficient (Wildman–Crippen LogP) is 2.79. The third-order valence-electron chi connectivity index (χ3n) is 3.04. The van der Waals surface area contributed by atoms with Crippen LogP contribution in [0, 0.1) is 18.8 Å². The Morgan fingerprint density at radius 3 is 2.74 bits per heavy atom. The lowest BCUT2D eigenvalue weighted by Gasteiger charge is -2.05. The van der Waals surface area contributed by atoms with Gasteiger partial charge in [0, 0.05) is 6.20 Å². The van der Waals surface area contributed by atoms with Crippen molar-refractivity contribution >= 4 is 11.6 Å². The van der Waals surface area contributed by atoms with Crippen molar-refractivity contribution < 1.29 is 14.3 Å². The van der Waals surface area contributed by atoms with Crippen molar-refractivity contribution in [3.8, 4) is 23.3 Å². The summed E-state index contributed by atoms with van der Waals surface area (Å²) in [4.78, 5) is 15.9. The molecule has 0 unspecified atom stereocenters. The summed E-state index contributed by atoms with van der Waals surface area (Å²) >= 11 is 0. The van der Waals surface area contributed by atoms with E-state index < -0.39 is 0 Å². The fraction of sp³-hybridized carbons (Fsp3) is 0.222. The maximum absolute atomic E-state index is 11.9. The molecule has 5 heteroatoms. The van der Waals surface area contributed by atoms with Crippen LogP contribution in [-0.2, 0) is 4.79 Å². The zero-order valence-corrected chi connectivity index (χ0v) is 13.3. The minimum Gasteiger partial charge on any atom is -0.497 e. The van der Waals surface area contributed by atoms with Gasteiger partial charge >= 0.3 is 0 Å². The van der Waals surface area contributed by atoms with Crippen LogP contribution >= 0.6 is 0 Å². The van der Waals surface area contributed by atoms with Crippen molar-refractivity contribution in [2.45, 2.75) is 13.3 Å². The summed E-state index contributed by atoms with van der Waals surface area (Å²) in [6.07, 6.45) is 3.41. The van der Waals surface area contributed by atoms with Gasteiger partial charge in [-0.3, -0.25) is 9.78 Å². The van der Waals surface area contributed by atoms with E-state index in [4.69, 9.17) is 9.47 Å². The van der Waals surface area contributed by atoms with E-state index in [1.807, 2.05) is 13.0 Å². The number of hydrogen-bond acceptors (Lipinski definition) is 4. The number of rotatable bonds is 4. The van der Waals surface area contributed by atoms with E-state index in [0.717, 1.165) is 5.56 Å².